The Balaban J connectivity index is 0. The van der Waals surface area contributed by atoms with E-state index in [1.165, 1.54) is 30.7 Å². The van der Waals surface area contributed by atoms with E-state index in [1.54, 1.807) is 70.8 Å². The zero-order valence-corrected chi connectivity index (χ0v) is 27.8. The predicted molar refractivity (Wildman–Crippen MR) is 166 cm³/mol. The molecule has 0 N–H and O–H groups in total. The van der Waals surface area contributed by atoms with Crippen molar-refractivity contribution in [3.63, 3.8) is 0 Å². The molecule has 0 bridgehead atoms. The number of hydrogen-bond acceptors (Lipinski definition) is 8. The average Bonchev–Trinajstić information content (AvgIpc) is 2.92. The Bertz CT molecular complexity index is 1010. The van der Waals surface area contributed by atoms with E-state index < -0.39 is 41.2 Å². The lowest BCUT2D eigenvalue weighted by molar-refractivity contribution is -0.146. The summed E-state index contributed by atoms with van der Waals surface area (Å²) in [6.45, 7) is 21.8. The minimum absolute atomic E-state index is 0.270. The third kappa shape index (κ3) is 15.3. The van der Waals surface area contributed by atoms with Crippen LogP contribution < -0.4 is 4.90 Å². The molecule has 238 valence electrons. The first-order valence-electron chi connectivity index (χ1n) is 14.4. The molecule has 2 rings (SSSR count). The monoisotopic (exact) mass is 593 g/mol. The molecular weight excluding hydrogens is 541 g/mol. The highest BCUT2D eigenvalue weighted by atomic mass is 19.1. The number of carbonyl (C=O) groups is 3. The number of aromatic nitrogens is 1. The second kappa shape index (κ2) is 20.2. The molecule has 0 radical (unpaired) electrons. The van der Waals surface area contributed by atoms with E-state index in [-0.39, 0.29) is 6.54 Å². The van der Waals surface area contributed by atoms with Crippen molar-refractivity contribution < 1.29 is 33.0 Å². The Morgan fingerprint density at radius 2 is 1.29 bits per heavy atom. The molecule has 0 aliphatic heterocycles. The van der Waals surface area contributed by atoms with Crippen LogP contribution in [0.4, 0.5) is 25.5 Å². The lowest BCUT2D eigenvalue weighted by Gasteiger charge is -2.35. The molecule has 1 aromatic carbocycles. The van der Waals surface area contributed by atoms with Crippen molar-refractivity contribution >= 4 is 29.7 Å². The van der Waals surface area contributed by atoms with Gasteiger partial charge in [-0.05, 0) is 77.9 Å². The Labute approximate surface area is 252 Å². The van der Waals surface area contributed by atoms with Gasteiger partial charge in [0.05, 0.1) is 13.7 Å². The highest BCUT2D eigenvalue weighted by Crippen LogP contribution is 2.26. The van der Waals surface area contributed by atoms with E-state index in [0.717, 1.165) is 7.11 Å². The summed E-state index contributed by atoms with van der Waals surface area (Å²) in [5.74, 6) is -0.950. The number of hydrogen-bond donors (Lipinski definition) is 0. The van der Waals surface area contributed by atoms with Gasteiger partial charge in [-0.2, -0.15) is 4.90 Å². The maximum Gasteiger partial charge on any atom is 0.420 e. The number of rotatable bonds is 6. The predicted octanol–water partition coefficient (Wildman–Crippen LogP) is 8.54. The highest BCUT2D eigenvalue weighted by Gasteiger charge is 2.42. The van der Waals surface area contributed by atoms with Crippen molar-refractivity contribution in [3.8, 4) is 0 Å². The standard InChI is InChI=1S/C25H32FN3O6.C3H8.2C2H6/c1-24(2,3)34-22(31)29(23(32)35-25(4,5)6)19(21(30)33-7)16-28(20-10-8-9-15-27-20)18-13-11-17(26)12-14-18;1-3-2;2*1-2/h8-15,19H,16H2,1-7H3;3H2,1-2H3;2*1-2H3. The maximum absolute atomic E-state index is 13.6. The van der Waals surface area contributed by atoms with Crippen molar-refractivity contribution in [2.45, 2.75) is 107 Å². The van der Waals surface area contributed by atoms with Crippen LogP contribution in [0.5, 0.6) is 0 Å². The molecule has 0 aliphatic rings. The molecule has 2 aromatic rings. The number of halogens is 1. The van der Waals surface area contributed by atoms with Gasteiger partial charge in [-0.3, -0.25) is 0 Å². The summed E-state index contributed by atoms with van der Waals surface area (Å²) in [5.41, 5.74) is -1.46. The first-order valence-corrected chi connectivity index (χ1v) is 14.4. The lowest BCUT2D eigenvalue weighted by Crippen LogP contribution is -2.55. The van der Waals surface area contributed by atoms with E-state index in [1.807, 2.05) is 27.7 Å². The number of methoxy groups -OCH3 is 1. The van der Waals surface area contributed by atoms with Crippen molar-refractivity contribution in [2.75, 3.05) is 18.6 Å². The van der Waals surface area contributed by atoms with Gasteiger partial charge in [-0.1, -0.05) is 54.0 Å². The summed E-state index contributed by atoms with van der Waals surface area (Å²) in [4.78, 5) is 45.7. The van der Waals surface area contributed by atoms with Crippen molar-refractivity contribution in [1.29, 1.82) is 0 Å². The molecule has 0 aliphatic carbocycles. The van der Waals surface area contributed by atoms with Crippen molar-refractivity contribution in [3.05, 3.63) is 54.5 Å². The van der Waals surface area contributed by atoms with Gasteiger partial charge in [0.2, 0.25) is 0 Å². The molecule has 0 saturated carbocycles. The molecule has 42 heavy (non-hydrogen) atoms. The first kappa shape index (κ1) is 40.4. The molecule has 0 spiro atoms. The van der Waals surface area contributed by atoms with Gasteiger partial charge < -0.3 is 19.1 Å². The van der Waals surface area contributed by atoms with Gasteiger partial charge >= 0.3 is 18.2 Å². The smallest absolute Gasteiger partial charge is 0.420 e. The van der Waals surface area contributed by atoms with Gasteiger partial charge in [0.1, 0.15) is 22.8 Å². The van der Waals surface area contributed by atoms with Crippen LogP contribution in [-0.4, -0.2) is 58.9 Å². The summed E-state index contributed by atoms with van der Waals surface area (Å²) < 4.78 is 29.4. The van der Waals surface area contributed by atoms with Gasteiger partial charge in [0.25, 0.3) is 0 Å². The normalized spacial score (nSPS) is 11.0. The number of imide groups is 1. The summed E-state index contributed by atoms with van der Waals surface area (Å²) >= 11 is 0. The Morgan fingerprint density at radius 1 is 0.833 bits per heavy atom. The fourth-order valence-corrected chi connectivity index (χ4v) is 2.99. The Morgan fingerprint density at radius 3 is 1.64 bits per heavy atom. The summed E-state index contributed by atoms with van der Waals surface area (Å²) in [7, 11) is 1.14. The molecule has 1 atom stereocenters. The van der Waals surface area contributed by atoms with E-state index in [9.17, 15) is 18.8 Å². The summed E-state index contributed by atoms with van der Waals surface area (Å²) in [6.07, 6.45) is 0.628. The fourth-order valence-electron chi connectivity index (χ4n) is 2.99. The molecule has 10 heteroatoms. The van der Waals surface area contributed by atoms with E-state index in [2.05, 4.69) is 18.8 Å². The SMILES string of the molecule is CC.CC.CCC.COC(=O)C(CN(c1ccc(F)cc1)c1ccccn1)N(C(=O)OC(C)(C)C)C(=O)OC(C)(C)C. The molecule has 9 nitrogen and oxygen atoms in total. The molecule has 0 saturated heterocycles. The van der Waals surface area contributed by atoms with Crippen LogP contribution in [0.25, 0.3) is 0 Å². The van der Waals surface area contributed by atoms with E-state index in [4.69, 9.17) is 14.2 Å². The lowest BCUT2D eigenvalue weighted by atomic mass is 10.2. The van der Waals surface area contributed by atoms with Gasteiger partial charge in [0, 0.05) is 11.9 Å². The quantitative estimate of drug-likeness (QED) is 0.243. The van der Waals surface area contributed by atoms with Gasteiger partial charge in [0.15, 0.2) is 6.04 Å². The van der Waals surface area contributed by atoms with Crippen LogP contribution in [0.1, 0.15) is 89.5 Å². The minimum Gasteiger partial charge on any atom is -0.467 e. The Hall–Kier alpha value is -3.69. The largest absolute Gasteiger partial charge is 0.467 e. The van der Waals surface area contributed by atoms with Crippen LogP contribution in [0.15, 0.2) is 48.7 Å². The highest BCUT2D eigenvalue weighted by molar-refractivity contribution is 5.94. The molecule has 1 heterocycles. The molecule has 1 aromatic heterocycles. The number of pyridine rings is 1. The average molecular weight is 594 g/mol. The van der Waals surface area contributed by atoms with Crippen LogP contribution in [-0.2, 0) is 19.0 Å². The number of carbonyl (C=O) groups excluding carboxylic acids is 3. The first-order chi connectivity index (χ1) is 19.6. The van der Waals surface area contributed by atoms with Gasteiger partial charge in [-0.25, -0.2) is 23.8 Å². The maximum atomic E-state index is 13.6. The van der Waals surface area contributed by atoms with E-state index >= 15 is 0 Å². The number of esters is 1. The zero-order chi connectivity index (χ0) is 33.1. The summed E-state index contributed by atoms with van der Waals surface area (Å²) in [6, 6.07) is 9.09. The zero-order valence-electron chi connectivity index (χ0n) is 27.8. The van der Waals surface area contributed by atoms with Crippen molar-refractivity contribution in [2.24, 2.45) is 0 Å². The number of amides is 2. The van der Waals surface area contributed by atoms with Crippen LogP contribution >= 0.6 is 0 Å². The van der Waals surface area contributed by atoms with Crippen LogP contribution in [0, 0.1) is 5.82 Å². The third-order valence-corrected chi connectivity index (χ3v) is 4.38. The minimum atomic E-state index is -1.49. The topological polar surface area (TPSA) is 98.3 Å². The van der Waals surface area contributed by atoms with Gasteiger partial charge in [-0.15, -0.1) is 0 Å². The molecule has 0 fully saturated rings. The van der Waals surface area contributed by atoms with Crippen molar-refractivity contribution in [1.82, 2.24) is 9.88 Å². The second-order valence-electron chi connectivity index (χ2n) is 10.4. The molecule has 1 unspecified atom stereocenters. The third-order valence-electron chi connectivity index (χ3n) is 4.38. The number of anilines is 2. The van der Waals surface area contributed by atoms with E-state index in [0.29, 0.717) is 16.4 Å². The number of ether oxygens (including phenoxy) is 3. The molecule has 2 amide bonds. The van der Waals surface area contributed by atoms with Crippen LogP contribution in [0.3, 0.4) is 0 Å². The second-order valence-corrected chi connectivity index (χ2v) is 10.4. The van der Waals surface area contributed by atoms with Crippen LogP contribution in [0.2, 0.25) is 0 Å². The summed E-state index contributed by atoms with van der Waals surface area (Å²) in [5, 5.41) is 0. The molecular formula is C32H52FN3O6. The number of benzene rings is 1. The number of nitrogens with zero attached hydrogens (tertiary/aromatic N) is 3. The Kier molecular flexibility index (Phi) is 19.5. The fraction of sp³-hybridized carbons (Fsp3) is 0.562.